The van der Waals surface area contributed by atoms with Gasteiger partial charge >= 0.3 is 0 Å². The molecule has 0 radical (unpaired) electrons. The molecule has 2 heteroatoms. The van der Waals surface area contributed by atoms with Gasteiger partial charge in [0.1, 0.15) is 5.75 Å². The zero-order valence-electron chi connectivity index (χ0n) is 13.4. The quantitative estimate of drug-likeness (QED) is 0.687. The standard InChI is InChI=1S/C20H26O2/c1-2-18(16-21)19-11-13-20(14-12-19)22-15-7-6-10-17-8-4-3-5-9-17/h3-5,8-9,11-14,18,21H,2,6-7,10,15-16H2,1H3. The second kappa shape index (κ2) is 9.26. The van der Waals surface area contributed by atoms with E-state index in [0.29, 0.717) is 0 Å². The number of aryl methyl sites for hydroxylation is 1. The summed E-state index contributed by atoms with van der Waals surface area (Å²) < 4.78 is 5.78. The van der Waals surface area contributed by atoms with Crippen molar-refractivity contribution in [1.29, 1.82) is 0 Å². The lowest BCUT2D eigenvalue weighted by molar-refractivity contribution is 0.262. The lowest BCUT2D eigenvalue weighted by atomic mass is 9.97. The highest BCUT2D eigenvalue weighted by molar-refractivity contribution is 5.29. The summed E-state index contributed by atoms with van der Waals surface area (Å²) in [6, 6.07) is 18.7. The molecule has 2 rings (SSSR count). The third-order valence-electron chi connectivity index (χ3n) is 4.04. The van der Waals surface area contributed by atoms with Crippen molar-refractivity contribution < 1.29 is 9.84 Å². The summed E-state index contributed by atoms with van der Waals surface area (Å²) in [5.41, 5.74) is 2.57. The molecule has 0 spiro atoms. The molecule has 118 valence electrons. The van der Waals surface area contributed by atoms with E-state index >= 15 is 0 Å². The monoisotopic (exact) mass is 298 g/mol. The molecule has 2 nitrogen and oxygen atoms in total. The molecule has 0 aliphatic heterocycles. The van der Waals surface area contributed by atoms with E-state index in [0.717, 1.165) is 38.0 Å². The Kier molecular flexibility index (Phi) is 6.98. The molecule has 2 aromatic rings. The van der Waals surface area contributed by atoms with E-state index in [1.807, 2.05) is 12.1 Å². The lowest BCUT2D eigenvalue weighted by Crippen LogP contribution is -2.03. The Morgan fingerprint density at radius 3 is 2.32 bits per heavy atom. The van der Waals surface area contributed by atoms with Gasteiger partial charge in [-0.15, -0.1) is 0 Å². The maximum absolute atomic E-state index is 9.31. The number of unbranched alkanes of at least 4 members (excludes halogenated alkanes) is 1. The van der Waals surface area contributed by atoms with Crippen LogP contribution in [0, 0.1) is 0 Å². The minimum atomic E-state index is 0.205. The van der Waals surface area contributed by atoms with Crippen molar-refractivity contribution in [2.24, 2.45) is 0 Å². The van der Waals surface area contributed by atoms with Gasteiger partial charge in [-0.1, -0.05) is 49.4 Å². The van der Waals surface area contributed by atoms with Crippen molar-refractivity contribution in [1.82, 2.24) is 0 Å². The maximum Gasteiger partial charge on any atom is 0.119 e. The smallest absolute Gasteiger partial charge is 0.119 e. The van der Waals surface area contributed by atoms with Crippen LogP contribution in [0.5, 0.6) is 5.75 Å². The topological polar surface area (TPSA) is 29.5 Å². The average Bonchev–Trinajstić information content (AvgIpc) is 2.58. The number of aliphatic hydroxyl groups is 1. The van der Waals surface area contributed by atoms with Crippen LogP contribution in [0.1, 0.15) is 43.2 Å². The number of ether oxygens (including phenoxy) is 1. The highest BCUT2D eigenvalue weighted by Gasteiger charge is 2.07. The number of hydrogen-bond donors (Lipinski definition) is 1. The Hall–Kier alpha value is -1.80. The predicted molar refractivity (Wildman–Crippen MR) is 91.4 cm³/mol. The summed E-state index contributed by atoms with van der Waals surface area (Å²) in [4.78, 5) is 0. The zero-order chi connectivity index (χ0) is 15.6. The molecular formula is C20H26O2. The molecule has 0 aliphatic rings. The number of benzene rings is 2. The molecule has 0 heterocycles. The van der Waals surface area contributed by atoms with E-state index in [-0.39, 0.29) is 12.5 Å². The van der Waals surface area contributed by atoms with Crippen LogP contribution in [0.2, 0.25) is 0 Å². The number of aliphatic hydroxyl groups excluding tert-OH is 1. The molecule has 0 saturated heterocycles. The summed E-state index contributed by atoms with van der Waals surface area (Å²) in [5.74, 6) is 1.15. The summed E-state index contributed by atoms with van der Waals surface area (Å²) >= 11 is 0. The maximum atomic E-state index is 9.31. The van der Waals surface area contributed by atoms with Gasteiger partial charge in [-0.05, 0) is 48.9 Å². The van der Waals surface area contributed by atoms with Gasteiger partial charge < -0.3 is 9.84 Å². The first-order chi connectivity index (χ1) is 10.8. The van der Waals surface area contributed by atoms with Crippen LogP contribution in [-0.4, -0.2) is 18.3 Å². The molecule has 1 atom stereocenters. The molecule has 0 aromatic heterocycles. The van der Waals surface area contributed by atoms with Gasteiger partial charge in [-0.3, -0.25) is 0 Å². The molecular weight excluding hydrogens is 272 g/mol. The molecule has 0 fully saturated rings. The number of hydrogen-bond acceptors (Lipinski definition) is 2. The van der Waals surface area contributed by atoms with Crippen molar-refractivity contribution in [2.45, 2.75) is 38.5 Å². The van der Waals surface area contributed by atoms with E-state index in [9.17, 15) is 5.11 Å². The SMILES string of the molecule is CCC(CO)c1ccc(OCCCCc2ccccc2)cc1. The second-order valence-corrected chi connectivity index (χ2v) is 5.65. The van der Waals surface area contributed by atoms with Gasteiger partial charge in [0.05, 0.1) is 6.61 Å². The van der Waals surface area contributed by atoms with Crippen LogP contribution in [0.3, 0.4) is 0 Å². The van der Waals surface area contributed by atoms with E-state index < -0.39 is 0 Å². The first kappa shape index (κ1) is 16.6. The second-order valence-electron chi connectivity index (χ2n) is 5.65. The van der Waals surface area contributed by atoms with Crippen LogP contribution in [0.15, 0.2) is 54.6 Å². The van der Waals surface area contributed by atoms with Crippen molar-refractivity contribution in [3.63, 3.8) is 0 Å². The van der Waals surface area contributed by atoms with Gasteiger partial charge in [0.2, 0.25) is 0 Å². The number of rotatable bonds is 9. The van der Waals surface area contributed by atoms with Crippen molar-refractivity contribution in [2.75, 3.05) is 13.2 Å². The predicted octanol–water partition coefficient (Wildman–Crippen LogP) is 4.57. The molecule has 2 aromatic carbocycles. The molecule has 0 amide bonds. The summed E-state index contributed by atoms with van der Waals surface area (Å²) in [6.07, 6.45) is 4.27. The fourth-order valence-corrected chi connectivity index (χ4v) is 2.57. The van der Waals surface area contributed by atoms with Crippen LogP contribution < -0.4 is 4.74 Å². The zero-order valence-corrected chi connectivity index (χ0v) is 13.4. The Labute approximate surface area is 133 Å². The van der Waals surface area contributed by atoms with Gasteiger partial charge in [-0.2, -0.15) is 0 Å². The fourth-order valence-electron chi connectivity index (χ4n) is 2.57. The molecule has 0 bridgehead atoms. The average molecular weight is 298 g/mol. The largest absolute Gasteiger partial charge is 0.494 e. The Morgan fingerprint density at radius 1 is 0.955 bits per heavy atom. The summed E-state index contributed by atoms with van der Waals surface area (Å²) in [6.45, 7) is 3.05. The Morgan fingerprint density at radius 2 is 1.68 bits per heavy atom. The van der Waals surface area contributed by atoms with Gasteiger partial charge in [-0.25, -0.2) is 0 Å². The van der Waals surface area contributed by atoms with Crippen LogP contribution >= 0.6 is 0 Å². The molecule has 0 saturated carbocycles. The third-order valence-corrected chi connectivity index (χ3v) is 4.04. The first-order valence-corrected chi connectivity index (χ1v) is 8.21. The molecule has 1 unspecified atom stereocenters. The minimum absolute atomic E-state index is 0.205. The van der Waals surface area contributed by atoms with Gasteiger partial charge in [0.25, 0.3) is 0 Å². The fraction of sp³-hybridized carbons (Fsp3) is 0.400. The van der Waals surface area contributed by atoms with Crippen LogP contribution in [0.25, 0.3) is 0 Å². The van der Waals surface area contributed by atoms with Crippen LogP contribution in [-0.2, 0) is 6.42 Å². The highest BCUT2D eigenvalue weighted by Crippen LogP contribution is 2.21. The van der Waals surface area contributed by atoms with Gasteiger partial charge in [0.15, 0.2) is 0 Å². The normalized spacial score (nSPS) is 12.1. The Balaban J connectivity index is 1.69. The highest BCUT2D eigenvalue weighted by atomic mass is 16.5. The van der Waals surface area contributed by atoms with Crippen molar-refractivity contribution >= 4 is 0 Å². The molecule has 0 aliphatic carbocycles. The van der Waals surface area contributed by atoms with Gasteiger partial charge in [0, 0.05) is 12.5 Å². The lowest BCUT2D eigenvalue weighted by Gasteiger charge is -2.13. The first-order valence-electron chi connectivity index (χ1n) is 8.21. The van der Waals surface area contributed by atoms with Crippen LogP contribution in [0.4, 0.5) is 0 Å². The minimum Gasteiger partial charge on any atom is -0.494 e. The molecule has 22 heavy (non-hydrogen) atoms. The molecule has 1 N–H and O–H groups in total. The Bertz CT molecular complexity index is 515. The third kappa shape index (κ3) is 5.19. The van der Waals surface area contributed by atoms with Crippen molar-refractivity contribution in [3.8, 4) is 5.75 Å². The van der Waals surface area contributed by atoms with E-state index in [1.165, 1.54) is 11.1 Å². The van der Waals surface area contributed by atoms with E-state index in [1.54, 1.807) is 0 Å². The van der Waals surface area contributed by atoms with Crippen molar-refractivity contribution in [3.05, 3.63) is 65.7 Å². The van der Waals surface area contributed by atoms with E-state index in [4.69, 9.17) is 4.74 Å². The summed E-state index contributed by atoms with van der Waals surface area (Å²) in [5, 5.41) is 9.31. The van der Waals surface area contributed by atoms with E-state index in [2.05, 4.69) is 49.4 Å². The summed E-state index contributed by atoms with van der Waals surface area (Å²) in [7, 11) is 0.